The van der Waals surface area contributed by atoms with Crippen LogP contribution in [0.5, 0.6) is 0 Å². The van der Waals surface area contributed by atoms with Crippen LogP contribution in [0.15, 0.2) is 11.6 Å². The van der Waals surface area contributed by atoms with Crippen LogP contribution in [-0.2, 0) is 4.79 Å². The molecule has 0 aromatic carbocycles. The second-order valence-corrected chi connectivity index (χ2v) is 6.46. The zero-order valence-corrected chi connectivity index (χ0v) is 12.6. The third kappa shape index (κ3) is 4.11. The van der Waals surface area contributed by atoms with Crippen molar-refractivity contribution in [3.63, 3.8) is 0 Å². The number of hydrogen-bond donors (Lipinski definition) is 2. The van der Waals surface area contributed by atoms with Gasteiger partial charge < -0.3 is 15.3 Å². The van der Waals surface area contributed by atoms with Crippen LogP contribution in [0.1, 0.15) is 23.9 Å². The number of carboxylic acids is 1. The van der Waals surface area contributed by atoms with Crippen LogP contribution in [0.4, 0.5) is 4.79 Å². The number of thiazole rings is 1. The van der Waals surface area contributed by atoms with Gasteiger partial charge in [-0.1, -0.05) is 0 Å². The number of rotatable bonds is 5. The molecule has 1 saturated heterocycles. The average molecular weight is 315 g/mol. The number of hydrogen-bond acceptors (Lipinski definition) is 5. The van der Waals surface area contributed by atoms with E-state index in [-0.39, 0.29) is 18.5 Å². The Bertz CT molecular complexity index is 453. The summed E-state index contributed by atoms with van der Waals surface area (Å²) in [5, 5.41) is 14.2. The summed E-state index contributed by atoms with van der Waals surface area (Å²) in [6.45, 7) is 1.08. The number of urea groups is 1. The number of amides is 2. The minimum absolute atomic E-state index is 0.0215. The second kappa shape index (κ2) is 7.49. The SMILES string of the molecule is O=C(O)CCCNC(=O)N1CCSCC1c1nccs1. The van der Waals surface area contributed by atoms with Crippen LogP contribution in [0.3, 0.4) is 0 Å². The quantitative estimate of drug-likeness (QED) is 0.810. The van der Waals surface area contributed by atoms with Crippen molar-refractivity contribution in [3.05, 3.63) is 16.6 Å². The van der Waals surface area contributed by atoms with Gasteiger partial charge >= 0.3 is 12.0 Å². The van der Waals surface area contributed by atoms with E-state index in [0.717, 1.165) is 16.5 Å². The lowest BCUT2D eigenvalue weighted by Crippen LogP contribution is -2.46. The van der Waals surface area contributed by atoms with Crippen LogP contribution in [0.25, 0.3) is 0 Å². The van der Waals surface area contributed by atoms with E-state index in [9.17, 15) is 9.59 Å². The molecule has 1 atom stereocenters. The topological polar surface area (TPSA) is 82.5 Å². The van der Waals surface area contributed by atoms with Crippen LogP contribution in [-0.4, -0.2) is 51.6 Å². The van der Waals surface area contributed by atoms with E-state index >= 15 is 0 Å². The first kappa shape index (κ1) is 15.1. The van der Waals surface area contributed by atoms with Crippen molar-refractivity contribution in [2.24, 2.45) is 0 Å². The first-order chi connectivity index (χ1) is 9.68. The summed E-state index contributed by atoms with van der Waals surface area (Å²) < 4.78 is 0. The number of thioether (sulfide) groups is 1. The average Bonchev–Trinajstić information content (AvgIpc) is 2.97. The molecule has 2 rings (SSSR count). The molecule has 0 bridgehead atoms. The normalized spacial score (nSPS) is 18.8. The molecule has 1 aromatic rings. The number of nitrogens with one attached hydrogen (secondary N) is 1. The fraction of sp³-hybridized carbons (Fsp3) is 0.583. The molecule has 1 aromatic heterocycles. The van der Waals surface area contributed by atoms with E-state index in [1.807, 2.05) is 17.1 Å². The molecule has 0 spiro atoms. The zero-order valence-electron chi connectivity index (χ0n) is 10.9. The van der Waals surface area contributed by atoms with Gasteiger partial charge in [0.25, 0.3) is 0 Å². The summed E-state index contributed by atoms with van der Waals surface area (Å²) >= 11 is 3.38. The molecule has 110 valence electrons. The van der Waals surface area contributed by atoms with Gasteiger partial charge in [-0.2, -0.15) is 11.8 Å². The fourth-order valence-corrected chi connectivity index (χ4v) is 3.90. The Morgan fingerprint density at radius 3 is 3.10 bits per heavy atom. The van der Waals surface area contributed by atoms with Crippen LogP contribution in [0.2, 0.25) is 0 Å². The van der Waals surface area contributed by atoms with Gasteiger partial charge in [0, 0.05) is 42.6 Å². The number of carboxylic acid groups (broad SMARTS) is 1. The summed E-state index contributed by atoms with van der Waals surface area (Å²) in [6, 6.07) is -0.107. The molecule has 2 N–H and O–H groups in total. The number of aliphatic carboxylic acids is 1. The molecule has 2 heterocycles. The highest BCUT2D eigenvalue weighted by atomic mass is 32.2. The lowest BCUT2D eigenvalue weighted by Gasteiger charge is -2.34. The Morgan fingerprint density at radius 1 is 1.55 bits per heavy atom. The van der Waals surface area contributed by atoms with E-state index in [1.54, 1.807) is 22.4 Å². The maximum Gasteiger partial charge on any atom is 0.318 e. The third-order valence-electron chi connectivity index (χ3n) is 2.97. The highest BCUT2D eigenvalue weighted by Gasteiger charge is 2.29. The van der Waals surface area contributed by atoms with E-state index in [1.165, 1.54) is 0 Å². The van der Waals surface area contributed by atoms with E-state index in [2.05, 4.69) is 10.3 Å². The number of nitrogens with zero attached hydrogens (tertiary/aromatic N) is 2. The highest BCUT2D eigenvalue weighted by Crippen LogP contribution is 2.30. The summed E-state index contributed by atoms with van der Waals surface area (Å²) in [4.78, 5) is 28.7. The minimum Gasteiger partial charge on any atom is -0.481 e. The van der Waals surface area contributed by atoms with Gasteiger partial charge in [0.15, 0.2) is 0 Å². The maximum atomic E-state index is 12.2. The summed E-state index contributed by atoms with van der Waals surface area (Å²) in [6.07, 6.45) is 2.28. The van der Waals surface area contributed by atoms with Gasteiger partial charge in [0.2, 0.25) is 0 Å². The van der Waals surface area contributed by atoms with Gasteiger partial charge in [-0.25, -0.2) is 9.78 Å². The number of carbonyl (C=O) groups is 2. The molecule has 1 aliphatic heterocycles. The number of aromatic nitrogens is 1. The first-order valence-corrected chi connectivity index (χ1v) is 8.45. The van der Waals surface area contributed by atoms with E-state index < -0.39 is 5.97 Å². The largest absolute Gasteiger partial charge is 0.481 e. The van der Waals surface area contributed by atoms with Crippen LogP contribution in [0, 0.1) is 0 Å². The van der Waals surface area contributed by atoms with Crippen LogP contribution >= 0.6 is 23.1 Å². The maximum absolute atomic E-state index is 12.2. The van der Waals surface area contributed by atoms with Gasteiger partial charge in [-0.05, 0) is 6.42 Å². The highest BCUT2D eigenvalue weighted by molar-refractivity contribution is 7.99. The Hall–Kier alpha value is -1.28. The minimum atomic E-state index is -0.839. The fourth-order valence-electron chi connectivity index (χ4n) is 1.99. The molecule has 20 heavy (non-hydrogen) atoms. The Kier molecular flexibility index (Phi) is 5.66. The van der Waals surface area contributed by atoms with Gasteiger partial charge in [0.05, 0.1) is 6.04 Å². The smallest absolute Gasteiger partial charge is 0.318 e. The summed E-state index contributed by atoms with van der Waals surface area (Å²) in [5.41, 5.74) is 0. The predicted octanol–water partition coefficient (Wildman–Crippen LogP) is 1.81. The predicted molar refractivity (Wildman–Crippen MR) is 79.2 cm³/mol. The van der Waals surface area contributed by atoms with E-state index in [4.69, 9.17) is 5.11 Å². The van der Waals surface area contributed by atoms with Crippen molar-refractivity contribution in [2.75, 3.05) is 24.6 Å². The Labute approximate surface area is 125 Å². The lowest BCUT2D eigenvalue weighted by atomic mass is 10.3. The first-order valence-electron chi connectivity index (χ1n) is 6.42. The molecule has 8 heteroatoms. The number of carbonyl (C=O) groups excluding carboxylic acids is 1. The lowest BCUT2D eigenvalue weighted by molar-refractivity contribution is -0.137. The van der Waals surface area contributed by atoms with E-state index in [0.29, 0.717) is 19.5 Å². The standard InChI is InChI=1S/C12H17N3O3S2/c16-10(17)2-1-3-14-12(18)15-5-7-19-8-9(15)11-13-4-6-20-11/h4,6,9H,1-3,5,7-8H2,(H,14,18)(H,16,17). The van der Waals surface area contributed by atoms with Crippen molar-refractivity contribution in [3.8, 4) is 0 Å². The van der Waals surface area contributed by atoms with Gasteiger partial charge in [0.1, 0.15) is 5.01 Å². The molecule has 2 amide bonds. The molecule has 1 fully saturated rings. The van der Waals surface area contributed by atoms with Crippen molar-refractivity contribution in [1.29, 1.82) is 0 Å². The second-order valence-electron chi connectivity index (χ2n) is 4.38. The van der Waals surface area contributed by atoms with Crippen molar-refractivity contribution in [2.45, 2.75) is 18.9 Å². The molecule has 0 saturated carbocycles. The monoisotopic (exact) mass is 315 g/mol. The summed E-state index contributed by atoms with van der Waals surface area (Å²) in [5.74, 6) is 0.940. The Balaban J connectivity index is 1.87. The van der Waals surface area contributed by atoms with Gasteiger partial charge in [-0.15, -0.1) is 11.3 Å². The molecular formula is C12H17N3O3S2. The third-order valence-corrected chi connectivity index (χ3v) is 4.87. The zero-order chi connectivity index (χ0) is 14.4. The molecule has 1 unspecified atom stereocenters. The molecular weight excluding hydrogens is 298 g/mol. The van der Waals surface area contributed by atoms with Gasteiger partial charge in [-0.3, -0.25) is 4.79 Å². The molecule has 6 nitrogen and oxygen atoms in total. The Morgan fingerprint density at radius 2 is 2.40 bits per heavy atom. The van der Waals surface area contributed by atoms with Crippen molar-refractivity contribution < 1.29 is 14.7 Å². The van der Waals surface area contributed by atoms with Crippen molar-refractivity contribution in [1.82, 2.24) is 15.2 Å². The van der Waals surface area contributed by atoms with Crippen LogP contribution < -0.4 is 5.32 Å². The molecule has 0 aliphatic carbocycles. The molecule has 0 radical (unpaired) electrons. The van der Waals surface area contributed by atoms with Crippen molar-refractivity contribution >= 4 is 35.1 Å². The summed E-state index contributed by atoms with van der Waals surface area (Å²) in [7, 11) is 0. The molecule has 1 aliphatic rings.